The number of sulfonamides is 1. The maximum absolute atomic E-state index is 12.4. The number of fused-ring (bicyclic) bond motifs is 1. The number of hydrogen-bond acceptors (Lipinski definition) is 4. The summed E-state index contributed by atoms with van der Waals surface area (Å²) in [5, 5.41) is 3.26. The fourth-order valence-corrected chi connectivity index (χ4v) is 3.43. The summed E-state index contributed by atoms with van der Waals surface area (Å²) in [5.41, 5.74) is -0.0439. The molecule has 1 N–H and O–H groups in total. The molecule has 6 nitrogen and oxygen atoms in total. The fraction of sp³-hybridized carbons (Fsp3) is 0.533. The summed E-state index contributed by atoms with van der Waals surface area (Å²) in [6, 6.07) is 4.71. The average Bonchev–Trinajstić information content (AvgIpc) is 2.55. The monoisotopic (exact) mass is 360 g/mol. The van der Waals surface area contributed by atoms with E-state index in [9.17, 15) is 13.2 Å². The minimum absolute atomic E-state index is 0.147. The van der Waals surface area contributed by atoms with E-state index in [-0.39, 0.29) is 18.9 Å². The van der Waals surface area contributed by atoms with E-state index >= 15 is 0 Å². The number of rotatable bonds is 2. The molecule has 1 aliphatic heterocycles. The van der Waals surface area contributed by atoms with Gasteiger partial charge in [-0.05, 0) is 39.0 Å². The van der Waals surface area contributed by atoms with Gasteiger partial charge in [0.15, 0.2) is 6.10 Å². The average molecular weight is 361 g/mol. The van der Waals surface area contributed by atoms with Crippen molar-refractivity contribution in [2.24, 2.45) is 0 Å². The lowest BCUT2D eigenvalue weighted by Gasteiger charge is -2.24. The number of ether oxygens (including phenoxy) is 1. The largest absolute Gasteiger partial charge is 0.478 e. The first-order valence-electron chi connectivity index (χ1n) is 7.23. The summed E-state index contributed by atoms with van der Waals surface area (Å²) in [7, 11) is -3.50. The molecule has 2 rings (SSSR count). The van der Waals surface area contributed by atoms with Crippen molar-refractivity contribution in [3.63, 3.8) is 0 Å². The Morgan fingerprint density at radius 3 is 2.61 bits per heavy atom. The lowest BCUT2D eigenvalue weighted by atomic mass is 10.1. The molecule has 8 heteroatoms. The zero-order chi connectivity index (χ0) is 17.4. The van der Waals surface area contributed by atoms with Gasteiger partial charge in [-0.25, -0.2) is 8.42 Å². The van der Waals surface area contributed by atoms with Crippen LogP contribution in [0, 0.1) is 0 Å². The van der Waals surface area contributed by atoms with Crippen molar-refractivity contribution >= 4 is 33.2 Å². The maximum atomic E-state index is 12.4. The molecule has 0 spiro atoms. The van der Waals surface area contributed by atoms with E-state index in [2.05, 4.69) is 5.32 Å². The third-order valence-electron chi connectivity index (χ3n) is 3.24. The van der Waals surface area contributed by atoms with Gasteiger partial charge in [0.2, 0.25) is 10.0 Å². The maximum Gasteiger partial charge on any atom is 0.261 e. The van der Waals surface area contributed by atoms with Crippen LogP contribution in [0.5, 0.6) is 5.75 Å². The van der Waals surface area contributed by atoms with Gasteiger partial charge in [-0.2, -0.15) is 0 Å². The molecule has 0 radical (unpaired) electrons. The Morgan fingerprint density at radius 2 is 2.04 bits per heavy atom. The van der Waals surface area contributed by atoms with Crippen molar-refractivity contribution in [2.75, 3.05) is 17.1 Å². The summed E-state index contributed by atoms with van der Waals surface area (Å²) < 4.78 is 31.1. The van der Waals surface area contributed by atoms with Crippen LogP contribution in [0.15, 0.2) is 18.2 Å². The number of anilines is 1. The molecular formula is C15H21ClN2O4S. The van der Waals surface area contributed by atoms with Gasteiger partial charge in [0, 0.05) is 23.5 Å². The molecule has 1 aromatic rings. The number of benzene rings is 1. The zero-order valence-corrected chi connectivity index (χ0v) is 15.2. The molecule has 1 heterocycles. The van der Waals surface area contributed by atoms with Crippen LogP contribution < -0.4 is 14.4 Å². The van der Waals surface area contributed by atoms with E-state index in [1.54, 1.807) is 12.1 Å². The molecule has 128 valence electrons. The smallest absolute Gasteiger partial charge is 0.261 e. The van der Waals surface area contributed by atoms with Gasteiger partial charge < -0.3 is 10.1 Å². The number of nitrogens with zero attached hydrogens (tertiary/aromatic N) is 1. The van der Waals surface area contributed by atoms with Crippen LogP contribution in [0.4, 0.5) is 5.69 Å². The van der Waals surface area contributed by atoms with Crippen molar-refractivity contribution in [3.8, 4) is 5.75 Å². The minimum atomic E-state index is -3.50. The number of hydrogen-bond donors (Lipinski definition) is 1. The Hall–Kier alpha value is -1.47. The summed E-state index contributed by atoms with van der Waals surface area (Å²) in [6.07, 6.45) is 0.607. The lowest BCUT2D eigenvalue weighted by Crippen LogP contribution is -2.48. The van der Waals surface area contributed by atoms with Gasteiger partial charge >= 0.3 is 0 Å². The second kappa shape index (κ2) is 6.20. The van der Waals surface area contributed by atoms with E-state index in [1.807, 2.05) is 20.8 Å². The van der Waals surface area contributed by atoms with Crippen LogP contribution in [-0.4, -0.2) is 38.8 Å². The summed E-state index contributed by atoms with van der Waals surface area (Å²) in [5.74, 6) is 0.0557. The standard InChI is InChI=1S/C15H21ClN2O4S/c1-15(2,3)17-14(19)13-7-8-18(23(4,20)21)11-9-10(16)5-6-12(11)22-13/h5-6,9,13H,7-8H2,1-4H3,(H,17,19)/t13-/m0/s1. The highest BCUT2D eigenvalue weighted by atomic mass is 35.5. The van der Waals surface area contributed by atoms with Gasteiger partial charge in [-0.15, -0.1) is 0 Å². The fourth-order valence-electron chi connectivity index (χ4n) is 2.33. The Labute approximate surface area is 141 Å². The predicted octanol–water partition coefficient (Wildman–Crippen LogP) is 2.17. The molecule has 0 unspecified atom stereocenters. The van der Waals surface area contributed by atoms with E-state index in [0.717, 1.165) is 6.26 Å². The van der Waals surface area contributed by atoms with Crippen molar-refractivity contribution in [1.29, 1.82) is 0 Å². The van der Waals surface area contributed by atoms with Crippen molar-refractivity contribution in [3.05, 3.63) is 23.2 Å². The van der Waals surface area contributed by atoms with Crippen LogP contribution in [0.3, 0.4) is 0 Å². The van der Waals surface area contributed by atoms with E-state index in [4.69, 9.17) is 16.3 Å². The Bertz CT molecular complexity index is 713. The van der Waals surface area contributed by atoms with E-state index in [1.165, 1.54) is 10.4 Å². The summed E-state index contributed by atoms with van der Waals surface area (Å²) in [6.45, 7) is 5.77. The molecule has 0 saturated heterocycles. The third-order valence-corrected chi connectivity index (χ3v) is 4.66. The van der Waals surface area contributed by atoms with Crippen LogP contribution >= 0.6 is 11.6 Å². The molecule has 0 aromatic heterocycles. The molecule has 0 fully saturated rings. The van der Waals surface area contributed by atoms with Crippen LogP contribution in [-0.2, 0) is 14.8 Å². The van der Waals surface area contributed by atoms with Gasteiger partial charge in [0.1, 0.15) is 5.75 Å². The van der Waals surface area contributed by atoms with Crippen LogP contribution in [0.25, 0.3) is 0 Å². The van der Waals surface area contributed by atoms with Crippen LogP contribution in [0.1, 0.15) is 27.2 Å². The van der Waals surface area contributed by atoms with Gasteiger partial charge in [0.05, 0.1) is 11.9 Å². The molecule has 0 bridgehead atoms. The molecule has 1 aromatic carbocycles. The van der Waals surface area contributed by atoms with E-state index < -0.39 is 21.7 Å². The zero-order valence-electron chi connectivity index (χ0n) is 13.6. The van der Waals surface area contributed by atoms with Crippen LogP contribution in [0.2, 0.25) is 5.02 Å². The quantitative estimate of drug-likeness (QED) is 0.877. The van der Waals surface area contributed by atoms with Gasteiger partial charge in [0.25, 0.3) is 5.91 Å². The lowest BCUT2D eigenvalue weighted by molar-refractivity contribution is -0.129. The van der Waals surface area contributed by atoms with Gasteiger partial charge in [-0.3, -0.25) is 9.10 Å². The number of nitrogens with one attached hydrogen (secondary N) is 1. The van der Waals surface area contributed by atoms with Crippen molar-refractivity contribution in [2.45, 2.75) is 38.8 Å². The van der Waals surface area contributed by atoms with Crippen molar-refractivity contribution < 1.29 is 17.9 Å². The topological polar surface area (TPSA) is 75.7 Å². The van der Waals surface area contributed by atoms with Crippen molar-refractivity contribution in [1.82, 2.24) is 5.32 Å². The van der Waals surface area contributed by atoms with Gasteiger partial charge in [-0.1, -0.05) is 11.6 Å². The number of amides is 1. The highest BCUT2D eigenvalue weighted by Gasteiger charge is 2.32. The molecule has 0 aliphatic carbocycles. The number of halogens is 1. The Balaban J connectivity index is 2.37. The molecule has 1 atom stereocenters. The molecule has 1 aliphatic rings. The molecule has 23 heavy (non-hydrogen) atoms. The number of carbonyl (C=O) groups excluding carboxylic acids is 1. The molecular weight excluding hydrogens is 340 g/mol. The SMILES string of the molecule is CC(C)(C)NC(=O)[C@@H]1CCN(S(C)(=O)=O)c2cc(Cl)ccc2O1. The highest BCUT2D eigenvalue weighted by Crippen LogP contribution is 2.36. The number of carbonyl (C=O) groups is 1. The highest BCUT2D eigenvalue weighted by molar-refractivity contribution is 7.92. The Morgan fingerprint density at radius 1 is 1.39 bits per heavy atom. The molecule has 0 saturated carbocycles. The first-order chi connectivity index (χ1) is 10.5. The van der Waals surface area contributed by atoms with E-state index in [0.29, 0.717) is 16.5 Å². The second-order valence-corrected chi connectivity index (χ2v) is 8.92. The normalized spacial score (nSPS) is 18.7. The minimum Gasteiger partial charge on any atom is -0.478 e. The second-order valence-electron chi connectivity index (χ2n) is 6.58. The summed E-state index contributed by atoms with van der Waals surface area (Å²) in [4.78, 5) is 12.4. The first-order valence-corrected chi connectivity index (χ1v) is 9.46. The third kappa shape index (κ3) is 4.51. The Kier molecular flexibility index (Phi) is 4.82. The first kappa shape index (κ1) is 17.9. The predicted molar refractivity (Wildman–Crippen MR) is 90.6 cm³/mol. The molecule has 1 amide bonds. The summed E-state index contributed by atoms with van der Waals surface area (Å²) >= 11 is 5.98.